The van der Waals surface area contributed by atoms with Gasteiger partial charge in [0.2, 0.25) is 5.91 Å². The normalized spacial score (nSPS) is 29.0. The van der Waals surface area contributed by atoms with Crippen LogP contribution in [0.15, 0.2) is 24.3 Å². The molecule has 2 unspecified atom stereocenters. The van der Waals surface area contributed by atoms with E-state index in [1.54, 1.807) is 0 Å². The van der Waals surface area contributed by atoms with Crippen molar-refractivity contribution in [2.75, 3.05) is 13.1 Å². The van der Waals surface area contributed by atoms with Crippen LogP contribution in [0.1, 0.15) is 43.2 Å². The van der Waals surface area contributed by atoms with E-state index in [0.717, 1.165) is 37.8 Å². The number of likely N-dealkylation sites (tertiary alicyclic amines) is 1. The van der Waals surface area contributed by atoms with Crippen molar-refractivity contribution in [3.05, 3.63) is 35.4 Å². The van der Waals surface area contributed by atoms with E-state index in [4.69, 9.17) is 0 Å². The van der Waals surface area contributed by atoms with E-state index in [-0.39, 0.29) is 11.8 Å². The second kappa shape index (κ2) is 5.80. The second-order valence-corrected chi connectivity index (χ2v) is 6.74. The highest BCUT2D eigenvalue weighted by Gasteiger charge is 2.43. The van der Waals surface area contributed by atoms with Gasteiger partial charge in [-0.1, -0.05) is 37.1 Å². The molecule has 3 nitrogen and oxygen atoms in total. The first kappa shape index (κ1) is 14.6. The van der Waals surface area contributed by atoms with Crippen LogP contribution in [-0.2, 0) is 11.2 Å². The number of aliphatic hydroxyl groups is 1. The number of aryl methyl sites for hydroxylation is 1. The van der Waals surface area contributed by atoms with Crippen LogP contribution in [0.2, 0.25) is 0 Å². The third-order valence-electron chi connectivity index (χ3n) is 5.38. The second-order valence-electron chi connectivity index (χ2n) is 6.74. The molecular weight excluding hydrogens is 262 g/mol. The summed E-state index contributed by atoms with van der Waals surface area (Å²) >= 11 is 0. The summed E-state index contributed by atoms with van der Waals surface area (Å²) in [5.41, 5.74) is 1.79. The number of rotatable bonds is 2. The summed E-state index contributed by atoms with van der Waals surface area (Å²) < 4.78 is 0. The molecule has 0 radical (unpaired) electrons. The topological polar surface area (TPSA) is 40.5 Å². The molecule has 0 spiro atoms. The van der Waals surface area contributed by atoms with E-state index < -0.39 is 5.60 Å². The van der Waals surface area contributed by atoms with Crippen molar-refractivity contribution >= 4 is 5.91 Å². The van der Waals surface area contributed by atoms with Gasteiger partial charge in [0.25, 0.3) is 0 Å². The number of piperidine rings is 1. The van der Waals surface area contributed by atoms with Crippen LogP contribution in [0.5, 0.6) is 0 Å². The maximum Gasteiger partial charge on any atom is 0.227 e. The van der Waals surface area contributed by atoms with Gasteiger partial charge in [-0.15, -0.1) is 0 Å². The lowest BCUT2D eigenvalue weighted by atomic mass is 9.71. The van der Waals surface area contributed by atoms with Crippen LogP contribution >= 0.6 is 0 Å². The van der Waals surface area contributed by atoms with Crippen molar-refractivity contribution in [3.63, 3.8) is 0 Å². The molecule has 3 rings (SSSR count). The molecule has 1 aliphatic heterocycles. The van der Waals surface area contributed by atoms with E-state index in [1.807, 2.05) is 23.1 Å². The molecule has 1 aliphatic carbocycles. The van der Waals surface area contributed by atoms with Gasteiger partial charge >= 0.3 is 0 Å². The molecule has 3 heteroatoms. The van der Waals surface area contributed by atoms with E-state index in [9.17, 15) is 9.90 Å². The average Bonchev–Trinajstić information content (AvgIpc) is 2.48. The third-order valence-corrected chi connectivity index (χ3v) is 5.38. The highest BCUT2D eigenvalue weighted by molar-refractivity contribution is 5.79. The molecule has 1 saturated heterocycles. The van der Waals surface area contributed by atoms with Gasteiger partial charge in [0, 0.05) is 19.0 Å². The predicted octanol–water partition coefficient (Wildman–Crippen LogP) is 2.69. The molecule has 114 valence electrons. The minimum atomic E-state index is -0.502. The Balaban J connectivity index is 1.65. The Morgan fingerprint density at radius 3 is 2.95 bits per heavy atom. The molecule has 2 fully saturated rings. The van der Waals surface area contributed by atoms with Gasteiger partial charge in [-0.3, -0.25) is 4.79 Å². The summed E-state index contributed by atoms with van der Waals surface area (Å²) in [5, 5.41) is 10.7. The zero-order valence-electron chi connectivity index (χ0n) is 12.8. The molecule has 2 atom stereocenters. The summed E-state index contributed by atoms with van der Waals surface area (Å²) in [6, 6.07) is 8.09. The summed E-state index contributed by atoms with van der Waals surface area (Å²) in [5.74, 6) is 0.484. The third kappa shape index (κ3) is 2.98. The maximum atomic E-state index is 12.5. The highest BCUT2D eigenvalue weighted by atomic mass is 16.3. The molecule has 1 aromatic carbocycles. The van der Waals surface area contributed by atoms with Crippen LogP contribution in [0, 0.1) is 12.8 Å². The van der Waals surface area contributed by atoms with Gasteiger partial charge in [-0.2, -0.15) is 0 Å². The smallest absolute Gasteiger partial charge is 0.227 e. The standard InChI is InChI=1S/C18H25NO2/c1-14-6-2-3-7-15(14)12-17(20)19-11-10-18(21)9-5-4-8-16(18)13-19/h2-3,6-7,16,21H,4-5,8-13H2,1H3. The average molecular weight is 287 g/mol. The predicted molar refractivity (Wildman–Crippen MR) is 83.0 cm³/mol. The van der Waals surface area contributed by atoms with Crippen molar-refractivity contribution in [3.8, 4) is 0 Å². The molecule has 1 amide bonds. The number of hydrogen-bond acceptors (Lipinski definition) is 2. The number of fused-ring (bicyclic) bond motifs is 1. The number of carbonyl (C=O) groups is 1. The fourth-order valence-electron chi connectivity index (χ4n) is 3.88. The first-order chi connectivity index (χ1) is 10.1. The first-order valence-electron chi connectivity index (χ1n) is 8.13. The monoisotopic (exact) mass is 287 g/mol. The van der Waals surface area contributed by atoms with Crippen LogP contribution in [-0.4, -0.2) is 34.6 Å². The lowest BCUT2D eigenvalue weighted by Crippen LogP contribution is -2.54. The van der Waals surface area contributed by atoms with Crippen LogP contribution < -0.4 is 0 Å². The van der Waals surface area contributed by atoms with Gasteiger partial charge in [0.15, 0.2) is 0 Å². The quantitative estimate of drug-likeness (QED) is 0.908. The molecule has 0 bridgehead atoms. The SMILES string of the molecule is Cc1ccccc1CC(=O)N1CCC2(O)CCCCC2C1. The summed E-state index contributed by atoms with van der Waals surface area (Å²) in [6.07, 6.45) is 5.52. The van der Waals surface area contributed by atoms with Crippen molar-refractivity contribution < 1.29 is 9.90 Å². The Kier molecular flexibility index (Phi) is 4.03. The summed E-state index contributed by atoms with van der Waals surface area (Å²) in [4.78, 5) is 14.5. The molecule has 1 heterocycles. The fraction of sp³-hybridized carbons (Fsp3) is 0.611. The minimum Gasteiger partial charge on any atom is -0.389 e. The Morgan fingerprint density at radius 1 is 1.33 bits per heavy atom. The van der Waals surface area contributed by atoms with Gasteiger partial charge in [-0.05, 0) is 37.3 Å². The van der Waals surface area contributed by atoms with Gasteiger partial charge in [0.05, 0.1) is 12.0 Å². The van der Waals surface area contributed by atoms with Crippen molar-refractivity contribution in [2.24, 2.45) is 5.92 Å². The number of carbonyl (C=O) groups excluding carboxylic acids is 1. The highest BCUT2D eigenvalue weighted by Crippen LogP contribution is 2.39. The molecule has 0 aromatic heterocycles. The van der Waals surface area contributed by atoms with E-state index in [1.165, 1.54) is 12.0 Å². The van der Waals surface area contributed by atoms with Crippen LogP contribution in [0.25, 0.3) is 0 Å². The first-order valence-corrected chi connectivity index (χ1v) is 8.13. The largest absolute Gasteiger partial charge is 0.389 e. The molecule has 1 N–H and O–H groups in total. The van der Waals surface area contributed by atoms with E-state index in [0.29, 0.717) is 13.0 Å². The molecular formula is C18H25NO2. The van der Waals surface area contributed by atoms with Gasteiger partial charge in [0.1, 0.15) is 0 Å². The number of hydrogen-bond donors (Lipinski definition) is 1. The lowest BCUT2D eigenvalue weighted by molar-refractivity contribution is -0.142. The van der Waals surface area contributed by atoms with Crippen molar-refractivity contribution in [2.45, 2.75) is 51.0 Å². The summed E-state index contributed by atoms with van der Waals surface area (Å²) in [7, 11) is 0. The van der Waals surface area contributed by atoms with Crippen molar-refractivity contribution in [1.82, 2.24) is 4.90 Å². The Labute approximate surface area is 127 Å². The molecule has 1 saturated carbocycles. The zero-order chi connectivity index (χ0) is 14.9. The molecule has 21 heavy (non-hydrogen) atoms. The molecule has 2 aliphatic rings. The number of amides is 1. The van der Waals surface area contributed by atoms with Crippen molar-refractivity contribution in [1.29, 1.82) is 0 Å². The Morgan fingerprint density at radius 2 is 2.14 bits per heavy atom. The van der Waals surface area contributed by atoms with Gasteiger partial charge in [-0.25, -0.2) is 0 Å². The molecule has 1 aromatic rings. The van der Waals surface area contributed by atoms with Crippen LogP contribution in [0.4, 0.5) is 0 Å². The Hall–Kier alpha value is -1.35. The zero-order valence-corrected chi connectivity index (χ0v) is 12.8. The van der Waals surface area contributed by atoms with E-state index >= 15 is 0 Å². The maximum absolute atomic E-state index is 12.5. The van der Waals surface area contributed by atoms with Crippen LogP contribution in [0.3, 0.4) is 0 Å². The number of benzene rings is 1. The minimum absolute atomic E-state index is 0.205. The Bertz CT molecular complexity index is 528. The number of nitrogens with zero attached hydrogens (tertiary/aromatic N) is 1. The van der Waals surface area contributed by atoms with E-state index in [2.05, 4.69) is 13.0 Å². The summed E-state index contributed by atoms with van der Waals surface area (Å²) in [6.45, 7) is 3.50. The fourth-order valence-corrected chi connectivity index (χ4v) is 3.88. The lowest BCUT2D eigenvalue weighted by Gasteiger charge is -2.47. The van der Waals surface area contributed by atoms with Gasteiger partial charge < -0.3 is 10.0 Å².